The summed E-state index contributed by atoms with van der Waals surface area (Å²) in [6.45, 7) is 5.88. The number of benzene rings is 1. The number of halogens is 1. The Bertz CT molecular complexity index is 645. The topological polar surface area (TPSA) is 81.2 Å². The van der Waals surface area contributed by atoms with E-state index in [1.165, 1.54) is 0 Å². The molecule has 1 aromatic carbocycles. The van der Waals surface area contributed by atoms with E-state index in [0.717, 1.165) is 21.3 Å². The fourth-order valence-electron chi connectivity index (χ4n) is 1.95. The van der Waals surface area contributed by atoms with Gasteiger partial charge in [0.25, 0.3) is 5.91 Å². The molecule has 0 bridgehead atoms. The van der Waals surface area contributed by atoms with E-state index in [2.05, 4.69) is 26.4 Å². The van der Waals surface area contributed by atoms with E-state index in [9.17, 15) is 4.79 Å². The van der Waals surface area contributed by atoms with Crippen molar-refractivity contribution in [2.75, 3.05) is 5.73 Å². The van der Waals surface area contributed by atoms with Gasteiger partial charge in [-0.1, -0.05) is 21.1 Å². The van der Waals surface area contributed by atoms with Crippen LogP contribution >= 0.6 is 15.9 Å². The van der Waals surface area contributed by atoms with Gasteiger partial charge in [-0.2, -0.15) is 0 Å². The van der Waals surface area contributed by atoms with Gasteiger partial charge >= 0.3 is 0 Å². The number of anilines is 1. The lowest BCUT2D eigenvalue weighted by atomic mass is 10.1. The molecule has 0 aliphatic rings. The number of amides is 1. The van der Waals surface area contributed by atoms with E-state index in [0.29, 0.717) is 23.6 Å². The second-order valence-corrected chi connectivity index (χ2v) is 5.57. The SMILES string of the molecule is Cc1noc(C)c1CNC(=O)c1cc(Br)cc(N)c1C. The molecule has 5 nitrogen and oxygen atoms in total. The number of aryl methyl sites for hydroxylation is 2. The number of nitrogens with one attached hydrogen (secondary N) is 1. The first-order valence-electron chi connectivity index (χ1n) is 6.15. The lowest BCUT2D eigenvalue weighted by Gasteiger charge is -2.10. The Hall–Kier alpha value is -1.82. The normalized spacial score (nSPS) is 10.6. The molecule has 3 N–H and O–H groups in total. The van der Waals surface area contributed by atoms with E-state index in [1.807, 2.05) is 20.8 Å². The Labute approximate surface area is 125 Å². The minimum Gasteiger partial charge on any atom is -0.398 e. The van der Waals surface area contributed by atoms with Crippen LogP contribution in [0.3, 0.4) is 0 Å². The van der Waals surface area contributed by atoms with Crippen molar-refractivity contribution in [1.29, 1.82) is 0 Å². The van der Waals surface area contributed by atoms with Crippen LogP contribution in [0.1, 0.15) is 32.9 Å². The summed E-state index contributed by atoms with van der Waals surface area (Å²) in [5.41, 5.74) is 9.46. The number of nitrogen functional groups attached to an aromatic ring is 1. The van der Waals surface area contributed by atoms with Gasteiger partial charge in [-0.3, -0.25) is 4.79 Å². The lowest BCUT2D eigenvalue weighted by Crippen LogP contribution is -2.24. The van der Waals surface area contributed by atoms with E-state index < -0.39 is 0 Å². The molecule has 1 amide bonds. The van der Waals surface area contributed by atoms with Crippen LogP contribution in [0, 0.1) is 20.8 Å². The van der Waals surface area contributed by atoms with Gasteiger partial charge in [-0.25, -0.2) is 0 Å². The molecule has 0 aliphatic heterocycles. The predicted octanol–water partition coefficient (Wildman–Crippen LogP) is 2.87. The summed E-state index contributed by atoms with van der Waals surface area (Å²) < 4.78 is 5.85. The smallest absolute Gasteiger partial charge is 0.251 e. The number of hydrogen-bond acceptors (Lipinski definition) is 4. The van der Waals surface area contributed by atoms with Gasteiger partial charge in [0, 0.05) is 27.8 Å². The highest BCUT2D eigenvalue weighted by molar-refractivity contribution is 9.10. The van der Waals surface area contributed by atoms with Crippen LogP contribution in [0.25, 0.3) is 0 Å². The summed E-state index contributed by atoms with van der Waals surface area (Å²) in [6.07, 6.45) is 0. The highest BCUT2D eigenvalue weighted by atomic mass is 79.9. The third-order valence-corrected chi connectivity index (χ3v) is 3.72. The fraction of sp³-hybridized carbons (Fsp3) is 0.286. The maximum Gasteiger partial charge on any atom is 0.251 e. The predicted molar refractivity (Wildman–Crippen MR) is 80.4 cm³/mol. The van der Waals surface area contributed by atoms with Gasteiger partial charge in [0.1, 0.15) is 5.76 Å². The standard InChI is InChI=1S/C14H16BrN3O2/c1-7-11(4-10(15)5-13(7)16)14(19)17-6-12-8(2)18-20-9(12)3/h4-5H,6,16H2,1-3H3,(H,17,19). The van der Waals surface area contributed by atoms with E-state index in [4.69, 9.17) is 10.3 Å². The van der Waals surface area contributed by atoms with Crippen molar-refractivity contribution >= 4 is 27.5 Å². The van der Waals surface area contributed by atoms with Crippen LogP contribution in [-0.4, -0.2) is 11.1 Å². The molecular weight excluding hydrogens is 322 g/mol. The molecule has 20 heavy (non-hydrogen) atoms. The first kappa shape index (κ1) is 14.6. The van der Waals surface area contributed by atoms with Crippen LogP contribution in [0.4, 0.5) is 5.69 Å². The highest BCUT2D eigenvalue weighted by Crippen LogP contribution is 2.23. The largest absolute Gasteiger partial charge is 0.398 e. The third kappa shape index (κ3) is 2.85. The van der Waals surface area contributed by atoms with Crippen molar-refractivity contribution < 1.29 is 9.32 Å². The molecule has 0 fully saturated rings. The van der Waals surface area contributed by atoms with Crippen LogP contribution < -0.4 is 11.1 Å². The molecule has 0 saturated carbocycles. The highest BCUT2D eigenvalue weighted by Gasteiger charge is 2.14. The molecule has 6 heteroatoms. The number of nitrogens with zero attached hydrogens (tertiary/aromatic N) is 1. The molecule has 0 saturated heterocycles. The Balaban J connectivity index is 2.17. The zero-order valence-electron chi connectivity index (χ0n) is 11.6. The number of aromatic nitrogens is 1. The van der Waals surface area contributed by atoms with Crippen LogP contribution in [0.5, 0.6) is 0 Å². The van der Waals surface area contributed by atoms with Crippen molar-refractivity contribution in [2.45, 2.75) is 27.3 Å². The van der Waals surface area contributed by atoms with Gasteiger partial charge in [-0.05, 0) is 38.5 Å². The Morgan fingerprint density at radius 2 is 2.10 bits per heavy atom. The summed E-state index contributed by atoms with van der Waals surface area (Å²) in [6, 6.07) is 3.54. The van der Waals surface area contributed by atoms with Crippen molar-refractivity contribution in [3.8, 4) is 0 Å². The van der Waals surface area contributed by atoms with Gasteiger partial charge < -0.3 is 15.6 Å². The van der Waals surface area contributed by atoms with Crippen LogP contribution in [0.15, 0.2) is 21.1 Å². The fourth-order valence-corrected chi connectivity index (χ4v) is 2.43. The monoisotopic (exact) mass is 337 g/mol. The van der Waals surface area contributed by atoms with Gasteiger partial charge in [0.2, 0.25) is 0 Å². The Morgan fingerprint density at radius 3 is 2.70 bits per heavy atom. The van der Waals surface area contributed by atoms with E-state index in [1.54, 1.807) is 12.1 Å². The molecule has 2 aromatic rings. The third-order valence-electron chi connectivity index (χ3n) is 3.26. The Kier molecular flexibility index (Phi) is 4.13. The van der Waals surface area contributed by atoms with Gasteiger partial charge in [-0.15, -0.1) is 0 Å². The molecule has 1 aromatic heterocycles. The average Bonchev–Trinajstić information content (AvgIpc) is 2.70. The van der Waals surface area contributed by atoms with Crippen molar-refractivity contribution in [2.24, 2.45) is 0 Å². The Morgan fingerprint density at radius 1 is 1.40 bits per heavy atom. The number of rotatable bonds is 3. The summed E-state index contributed by atoms with van der Waals surface area (Å²) in [5, 5.41) is 6.72. The second-order valence-electron chi connectivity index (χ2n) is 4.65. The first-order chi connectivity index (χ1) is 9.40. The molecule has 0 spiro atoms. The van der Waals surface area contributed by atoms with Crippen molar-refractivity contribution in [3.63, 3.8) is 0 Å². The van der Waals surface area contributed by atoms with Gasteiger partial charge in [0.15, 0.2) is 0 Å². The van der Waals surface area contributed by atoms with E-state index >= 15 is 0 Å². The lowest BCUT2D eigenvalue weighted by molar-refractivity contribution is 0.0950. The number of hydrogen-bond donors (Lipinski definition) is 2. The van der Waals surface area contributed by atoms with Crippen molar-refractivity contribution in [3.05, 3.63) is 44.7 Å². The summed E-state index contributed by atoms with van der Waals surface area (Å²) in [5.74, 6) is 0.545. The molecule has 2 rings (SSSR count). The van der Waals surface area contributed by atoms with Crippen molar-refractivity contribution in [1.82, 2.24) is 10.5 Å². The van der Waals surface area contributed by atoms with Crippen LogP contribution in [0.2, 0.25) is 0 Å². The molecule has 0 unspecified atom stereocenters. The van der Waals surface area contributed by atoms with E-state index in [-0.39, 0.29) is 5.91 Å². The number of carbonyl (C=O) groups excluding carboxylic acids is 1. The molecule has 0 radical (unpaired) electrons. The second kappa shape index (κ2) is 5.66. The molecule has 1 heterocycles. The summed E-state index contributed by atoms with van der Waals surface area (Å²) in [4.78, 5) is 12.2. The zero-order valence-corrected chi connectivity index (χ0v) is 13.2. The van der Waals surface area contributed by atoms with Gasteiger partial charge in [0.05, 0.1) is 5.69 Å². The molecule has 106 valence electrons. The number of nitrogens with two attached hydrogens (primary N) is 1. The molecule has 0 aliphatic carbocycles. The van der Waals surface area contributed by atoms with Crippen LogP contribution in [-0.2, 0) is 6.54 Å². The maximum absolute atomic E-state index is 12.2. The molecular formula is C14H16BrN3O2. The summed E-state index contributed by atoms with van der Waals surface area (Å²) in [7, 11) is 0. The maximum atomic E-state index is 12.2. The average molecular weight is 338 g/mol. The quantitative estimate of drug-likeness (QED) is 0.843. The first-order valence-corrected chi connectivity index (χ1v) is 6.95. The summed E-state index contributed by atoms with van der Waals surface area (Å²) >= 11 is 3.34. The minimum absolute atomic E-state index is 0.171. The zero-order chi connectivity index (χ0) is 14.9. The molecule has 0 atom stereocenters. The number of carbonyl (C=O) groups is 1. The minimum atomic E-state index is -0.171.